The fourth-order valence-electron chi connectivity index (χ4n) is 3.33. The van der Waals surface area contributed by atoms with E-state index in [0.29, 0.717) is 13.0 Å². The van der Waals surface area contributed by atoms with Crippen molar-refractivity contribution in [3.05, 3.63) is 65.7 Å². The molecule has 0 unspecified atom stereocenters. The maximum Gasteiger partial charge on any atom is 0.163 e. The van der Waals surface area contributed by atoms with Crippen LogP contribution in [0.2, 0.25) is 0 Å². The molecule has 28 heavy (non-hydrogen) atoms. The van der Waals surface area contributed by atoms with Crippen LogP contribution in [0.5, 0.6) is 5.75 Å². The first-order chi connectivity index (χ1) is 13.7. The first-order valence-corrected chi connectivity index (χ1v) is 10.7. The molecule has 0 bridgehead atoms. The highest BCUT2D eigenvalue weighted by atomic mass is 16.5. The molecule has 2 rings (SSSR count). The van der Waals surface area contributed by atoms with Crippen molar-refractivity contribution in [3.63, 3.8) is 0 Å². The van der Waals surface area contributed by atoms with Crippen molar-refractivity contribution < 1.29 is 9.53 Å². The smallest absolute Gasteiger partial charge is 0.163 e. The van der Waals surface area contributed by atoms with Gasteiger partial charge >= 0.3 is 0 Å². The maximum absolute atomic E-state index is 12.5. The Balaban J connectivity index is 1.66. The van der Waals surface area contributed by atoms with Gasteiger partial charge in [-0.05, 0) is 56.6 Å². The molecule has 0 radical (unpaired) electrons. The lowest BCUT2D eigenvalue weighted by Crippen LogP contribution is -2.23. The number of carbonyl (C=O) groups excluding carboxylic acids is 1. The second-order valence-electron chi connectivity index (χ2n) is 7.23. The molecule has 0 saturated heterocycles. The van der Waals surface area contributed by atoms with Crippen LogP contribution >= 0.6 is 0 Å². The van der Waals surface area contributed by atoms with E-state index in [1.165, 1.54) is 31.4 Å². The van der Waals surface area contributed by atoms with Crippen molar-refractivity contribution >= 4 is 5.78 Å². The summed E-state index contributed by atoms with van der Waals surface area (Å²) in [6.07, 6.45) is 6.06. The summed E-state index contributed by atoms with van der Waals surface area (Å²) < 4.78 is 5.87. The normalized spacial score (nSPS) is 11.0. The van der Waals surface area contributed by atoms with E-state index in [9.17, 15) is 4.79 Å². The Kier molecular flexibility index (Phi) is 10.4. The molecule has 0 aromatic heterocycles. The number of hydrogen-bond donors (Lipinski definition) is 0. The van der Waals surface area contributed by atoms with Gasteiger partial charge in [0.15, 0.2) is 5.78 Å². The highest BCUT2D eigenvalue weighted by Gasteiger charge is 2.07. The second-order valence-corrected chi connectivity index (χ2v) is 7.23. The van der Waals surface area contributed by atoms with E-state index < -0.39 is 0 Å². The molecule has 0 spiro atoms. The van der Waals surface area contributed by atoms with Crippen LogP contribution in [-0.2, 0) is 6.42 Å². The zero-order valence-corrected chi connectivity index (χ0v) is 17.5. The average Bonchev–Trinajstić information content (AvgIpc) is 2.75. The molecule has 3 heteroatoms. The maximum atomic E-state index is 12.5. The molecule has 152 valence electrons. The lowest BCUT2D eigenvalue weighted by molar-refractivity contribution is 0.0982. The predicted molar refractivity (Wildman–Crippen MR) is 117 cm³/mol. The van der Waals surface area contributed by atoms with E-state index in [2.05, 4.69) is 30.9 Å². The van der Waals surface area contributed by atoms with Gasteiger partial charge < -0.3 is 9.64 Å². The van der Waals surface area contributed by atoms with Crippen LogP contribution in [0.25, 0.3) is 0 Å². The summed E-state index contributed by atoms with van der Waals surface area (Å²) in [5, 5.41) is 0. The van der Waals surface area contributed by atoms with E-state index in [0.717, 1.165) is 37.2 Å². The third kappa shape index (κ3) is 8.26. The Morgan fingerprint density at radius 1 is 0.893 bits per heavy atom. The highest BCUT2D eigenvalue weighted by Crippen LogP contribution is 2.16. The van der Waals surface area contributed by atoms with E-state index in [-0.39, 0.29) is 5.78 Å². The summed E-state index contributed by atoms with van der Waals surface area (Å²) in [6, 6.07) is 17.8. The van der Waals surface area contributed by atoms with Crippen molar-refractivity contribution in [2.24, 2.45) is 0 Å². The number of aryl methyl sites for hydroxylation is 1. The Morgan fingerprint density at radius 2 is 1.64 bits per heavy atom. The second kappa shape index (κ2) is 13.1. The number of rotatable bonds is 14. The van der Waals surface area contributed by atoms with Crippen LogP contribution in [-0.4, -0.2) is 36.9 Å². The molecule has 0 N–H and O–H groups in total. The lowest BCUT2D eigenvalue weighted by Gasteiger charge is -2.17. The fourth-order valence-corrected chi connectivity index (χ4v) is 3.33. The minimum absolute atomic E-state index is 0.172. The predicted octanol–water partition coefficient (Wildman–Crippen LogP) is 5.78. The highest BCUT2D eigenvalue weighted by molar-refractivity contribution is 5.96. The zero-order valence-electron chi connectivity index (χ0n) is 17.5. The van der Waals surface area contributed by atoms with Crippen LogP contribution in [0, 0.1) is 0 Å². The summed E-state index contributed by atoms with van der Waals surface area (Å²) in [7, 11) is 0. The summed E-state index contributed by atoms with van der Waals surface area (Å²) in [6.45, 7) is 8.63. The number of carbonyl (C=O) groups is 1. The van der Waals surface area contributed by atoms with Crippen LogP contribution in [0.4, 0.5) is 0 Å². The standard InChI is InChI=1S/C25H35NO2/c1-3-26(4-2)19-10-5-6-11-20-28-24-16-12-15-23(21-24)25(27)18-17-22-13-8-7-9-14-22/h7-9,12-16,21H,3-6,10-11,17-20H2,1-2H3. The third-order valence-corrected chi connectivity index (χ3v) is 5.17. The Morgan fingerprint density at radius 3 is 2.39 bits per heavy atom. The number of Topliss-reactive ketones (excluding diaryl/α,β-unsaturated/α-hetero) is 1. The average molecular weight is 382 g/mol. The zero-order chi connectivity index (χ0) is 20.0. The number of hydrogen-bond acceptors (Lipinski definition) is 3. The van der Waals surface area contributed by atoms with Crippen LogP contribution in [0.1, 0.15) is 61.9 Å². The van der Waals surface area contributed by atoms with Crippen molar-refractivity contribution in [1.82, 2.24) is 4.90 Å². The molecule has 0 aliphatic heterocycles. The quantitative estimate of drug-likeness (QED) is 0.307. The fraction of sp³-hybridized carbons (Fsp3) is 0.480. The molecule has 0 amide bonds. The van der Waals surface area contributed by atoms with Gasteiger partial charge in [0.05, 0.1) is 6.61 Å². The summed E-state index contributed by atoms with van der Waals surface area (Å²) in [4.78, 5) is 14.9. The van der Waals surface area contributed by atoms with Gasteiger partial charge in [-0.2, -0.15) is 0 Å². The molecule has 0 saturated carbocycles. The number of ether oxygens (including phenoxy) is 1. The first kappa shape index (κ1) is 22.2. The minimum atomic E-state index is 0.172. The third-order valence-electron chi connectivity index (χ3n) is 5.17. The molecule has 2 aromatic rings. The minimum Gasteiger partial charge on any atom is -0.494 e. The Bertz CT molecular complexity index is 680. The first-order valence-electron chi connectivity index (χ1n) is 10.7. The van der Waals surface area contributed by atoms with Crippen molar-refractivity contribution in [2.75, 3.05) is 26.2 Å². The number of nitrogens with zero attached hydrogens (tertiary/aromatic N) is 1. The number of ketones is 1. The molecule has 2 aromatic carbocycles. The number of benzene rings is 2. The Labute approximate surface area is 170 Å². The van der Waals surface area contributed by atoms with Gasteiger partial charge in [-0.15, -0.1) is 0 Å². The van der Waals surface area contributed by atoms with Gasteiger partial charge in [-0.25, -0.2) is 0 Å². The van der Waals surface area contributed by atoms with Crippen molar-refractivity contribution in [1.29, 1.82) is 0 Å². The van der Waals surface area contributed by atoms with Gasteiger partial charge in [0.25, 0.3) is 0 Å². The van der Waals surface area contributed by atoms with Crippen LogP contribution < -0.4 is 4.74 Å². The van der Waals surface area contributed by atoms with E-state index in [4.69, 9.17) is 4.74 Å². The van der Waals surface area contributed by atoms with E-state index in [1.54, 1.807) is 0 Å². The molecule has 3 nitrogen and oxygen atoms in total. The number of unbranched alkanes of at least 4 members (excludes halogenated alkanes) is 3. The van der Waals surface area contributed by atoms with E-state index >= 15 is 0 Å². The monoisotopic (exact) mass is 381 g/mol. The molecular formula is C25H35NO2. The van der Waals surface area contributed by atoms with Crippen LogP contribution in [0.15, 0.2) is 54.6 Å². The van der Waals surface area contributed by atoms with Gasteiger partial charge in [0.2, 0.25) is 0 Å². The van der Waals surface area contributed by atoms with Gasteiger partial charge in [0.1, 0.15) is 5.75 Å². The molecule has 0 heterocycles. The summed E-state index contributed by atoms with van der Waals surface area (Å²) in [5.41, 5.74) is 1.94. The van der Waals surface area contributed by atoms with Crippen LogP contribution in [0.3, 0.4) is 0 Å². The summed E-state index contributed by atoms with van der Waals surface area (Å²) in [5.74, 6) is 0.972. The van der Waals surface area contributed by atoms with Crippen molar-refractivity contribution in [3.8, 4) is 5.75 Å². The molecule has 0 aliphatic carbocycles. The van der Waals surface area contributed by atoms with Crippen molar-refractivity contribution in [2.45, 2.75) is 52.4 Å². The molecule has 0 fully saturated rings. The van der Waals surface area contributed by atoms with Gasteiger partial charge in [-0.1, -0.05) is 69.2 Å². The van der Waals surface area contributed by atoms with Gasteiger partial charge in [-0.3, -0.25) is 4.79 Å². The van der Waals surface area contributed by atoms with E-state index in [1.807, 2.05) is 42.5 Å². The topological polar surface area (TPSA) is 29.5 Å². The molecular weight excluding hydrogens is 346 g/mol. The molecule has 0 aliphatic rings. The molecule has 0 atom stereocenters. The Hall–Kier alpha value is -2.13. The van der Waals surface area contributed by atoms with Gasteiger partial charge in [0, 0.05) is 12.0 Å². The largest absolute Gasteiger partial charge is 0.494 e. The summed E-state index contributed by atoms with van der Waals surface area (Å²) >= 11 is 0. The lowest BCUT2D eigenvalue weighted by atomic mass is 10.0. The SMILES string of the molecule is CCN(CC)CCCCCCOc1cccc(C(=O)CCc2ccccc2)c1.